The van der Waals surface area contributed by atoms with E-state index in [1.807, 2.05) is 24.3 Å². The van der Waals surface area contributed by atoms with E-state index < -0.39 is 0 Å². The first-order chi connectivity index (χ1) is 15.7. The fourth-order valence-electron chi connectivity index (χ4n) is 5.35. The molecule has 1 aromatic heterocycles. The molecule has 0 spiro atoms. The van der Waals surface area contributed by atoms with Crippen molar-refractivity contribution in [2.45, 2.75) is 43.7 Å². The van der Waals surface area contributed by atoms with Gasteiger partial charge in [0.15, 0.2) is 0 Å². The van der Waals surface area contributed by atoms with E-state index in [-0.39, 0.29) is 43.0 Å². The molecular weight excluding hydrogens is 402 g/mol. The van der Waals surface area contributed by atoms with Crippen molar-refractivity contribution in [1.82, 2.24) is 14.8 Å². The molecule has 164 valence electrons. The Balaban J connectivity index is 1.33. The van der Waals surface area contributed by atoms with Crippen LogP contribution in [0.2, 0.25) is 0 Å². The average Bonchev–Trinajstić information content (AvgIpc) is 3.33. The first-order valence-electron chi connectivity index (χ1n) is 11.4. The van der Waals surface area contributed by atoms with Gasteiger partial charge in [0.2, 0.25) is 5.91 Å². The van der Waals surface area contributed by atoms with Crippen LogP contribution in [0, 0.1) is 17.8 Å². The standard InChI is InChI=1S/C26H27N3O3/c30-17-23-25(20-12-10-19(11-13-20)9-8-18-5-1-2-6-18)22-15-28(16-24(31)29(22)23)26(32)21-7-3-4-14-27-21/h3-4,7,10-14,18,22-23,25,30H,1-2,5-6,15-17H2/t22-,23-,25+/m0/s1. The van der Waals surface area contributed by atoms with Crippen LogP contribution in [-0.2, 0) is 4.79 Å². The molecule has 2 aliphatic heterocycles. The summed E-state index contributed by atoms with van der Waals surface area (Å²) in [5, 5.41) is 9.98. The molecule has 2 amide bonds. The van der Waals surface area contributed by atoms with Gasteiger partial charge in [-0.2, -0.15) is 0 Å². The predicted molar refractivity (Wildman–Crippen MR) is 120 cm³/mol. The van der Waals surface area contributed by atoms with E-state index >= 15 is 0 Å². The number of carbonyl (C=O) groups excluding carboxylic acids is 2. The Morgan fingerprint density at radius 2 is 1.91 bits per heavy atom. The Labute approximate surface area is 188 Å². The van der Waals surface area contributed by atoms with Gasteiger partial charge < -0.3 is 14.9 Å². The maximum absolute atomic E-state index is 12.9. The lowest BCUT2D eigenvalue weighted by atomic mass is 9.73. The van der Waals surface area contributed by atoms with Crippen LogP contribution in [0.1, 0.15) is 53.2 Å². The van der Waals surface area contributed by atoms with E-state index in [0.717, 1.165) is 11.1 Å². The average molecular weight is 430 g/mol. The van der Waals surface area contributed by atoms with Crippen molar-refractivity contribution in [2.75, 3.05) is 19.7 Å². The van der Waals surface area contributed by atoms with Gasteiger partial charge in [0.25, 0.3) is 5.91 Å². The zero-order valence-corrected chi connectivity index (χ0v) is 18.0. The summed E-state index contributed by atoms with van der Waals surface area (Å²) < 4.78 is 0. The zero-order chi connectivity index (χ0) is 22.1. The van der Waals surface area contributed by atoms with Gasteiger partial charge in [0, 0.05) is 30.1 Å². The minimum atomic E-state index is -0.255. The summed E-state index contributed by atoms with van der Waals surface area (Å²) in [6, 6.07) is 12.9. The maximum atomic E-state index is 12.9. The van der Waals surface area contributed by atoms with Crippen molar-refractivity contribution < 1.29 is 14.7 Å². The number of pyridine rings is 1. The van der Waals surface area contributed by atoms with E-state index in [9.17, 15) is 14.7 Å². The summed E-state index contributed by atoms with van der Waals surface area (Å²) in [5.74, 6) is 6.83. The molecule has 1 aromatic carbocycles. The Hall–Kier alpha value is -3.17. The van der Waals surface area contributed by atoms with Gasteiger partial charge in [-0.1, -0.05) is 42.9 Å². The lowest BCUT2D eigenvalue weighted by Crippen LogP contribution is -2.73. The molecule has 0 unspecified atom stereocenters. The third kappa shape index (κ3) is 3.78. The summed E-state index contributed by atoms with van der Waals surface area (Å²) in [6.45, 7) is 0.362. The molecule has 6 nitrogen and oxygen atoms in total. The van der Waals surface area contributed by atoms with Crippen molar-refractivity contribution in [3.05, 3.63) is 65.5 Å². The molecule has 0 radical (unpaired) electrons. The highest BCUT2D eigenvalue weighted by atomic mass is 16.3. The predicted octanol–water partition coefficient (Wildman–Crippen LogP) is 2.43. The number of aliphatic hydroxyl groups is 1. The largest absolute Gasteiger partial charge is 0.394 e. The van der Waals surface area contributed by atoms with Crippen molar-refractivity contribution in [1.29, 1.82) is 0 Å². The van der Waals surface area contributed by atoms with Gasteiger partial charge in [-0.25, -0.2) is 0 Å². The van der Waals surface area contributed by atoms with Gasteiger partial charge in [0.1, 0.15) is 12.2 Å². The van der Waals surface area contributed by atoms with Crippen LogP contribution in [0.4, 0.5) is 0 Å². The highest BCUT2D eigenvalue weighted by molar-refractivity contribution is 5.96. The summed E-state index contributed by atoms with van der Waals surface area (Å²) in [6.07, 6.45) is 6.53. The Kier molecular flexibility index (Phi) is 5.67. The summed E-state index contributed by atoms with van der Waals surface area (Å²) in [4.78, 5) is 33.1. The van der Waals surface area contributed by atoms with Crippen LogP contribution in [0.5, 0.6) is 0 Å². The van der Waals surface area contributed by atoms with Gasteiger partial charge in [-0.3, -0.25) is 14.6 Å². The highest BCUT2D eigenvalue weighted by Crippen LogP contribution is 2.43. The molecule has 0 bridgehead atoms. The van der Waals surface area contributed by atoms with Crippen molar-refractivity contribution in [3.8, 4) is 11.8 Å². The Morgan fingerprint density at radius 3 is 2.59 bits per heavy atom. The number of hydrogen-bond donors (Lipinski definition) is 1. The molecular formula is C26H27N3O3. The normalized spacial score (nSPS) is 25.0. The van der Waals surface area contributed by atoms with Gasteiger partial charge in [-0.15, -0.1) is 0 Å². The minimum absolute atomic E-state index is 0.0138. The van der Waals surface area contributed by atoms with Crippen molar-refractivity contribution in [3.63, 3.8) is 0 Å². The quantitative estimate of drug-likeness (QED) is 0.761. The van der Waals surface area contributed by atoms with Crippen LogP contribution < -0.4 is 0 Å². The molecule has 2 aromatic rings. The molecule has 3 fully saturated rings. The molecule has 1 aliphatic carbocycles. The first-order valence-corrected chi connectivity index (χ1v) is 11.4. The highest BCUT2D eigenvalue weighted by Gasteiger charge is 2.54. The Morgan fingerprint density at radius 1 is 1.12 bits per heavy atom. The summed E-state index contributed by atoms with van der Waals surface area (Å²) >= 11 is 0. The van der Waals surface area contributed by atoms with Crippen LogP contribution in [-0.4, -0.2) is 63.5 Å². The monoisotopic (exact) mass is 429 g/mol. The lowest BCUT2D eigenvalue weighted by molar-refractivity contribution is -0.159. The fraction of sp³-hybridized carbons (Fsp3) is 0.423. The van der Waals surface area contributed by atoms with Crippen molar-refractivity contribution >= 4 is 11.8 Å². The minimum Gasteiger partial charge on any atom is -0.394 e. The fourth-order valence-corrected chi connectivity index (χ4v) is 5.35. The molecule has 32 heavy (non-hydrogen) atoms. The number of hydrogen-bond acceptors (Lipinski definition) is 4. The number of benzene rings is 1. The maximum Gasteiger partial charge on any atom is 0.272 e. The second-order valence-electron chi connectivity index (χ2n) is 8.92. The zero-order valence-electron chi connectivity index (χ0n) is 18.0. The Bertz CT molecular complexity index is 1050. The molecule has 3 aliphatic rings. The van der Waals surface area contributed by atoms with Gasteiger partial charge >= 0.3 is 0 Å². The third-order valence-electron chi connectivity index (χ3n) is 6.99. The number of carbonyl (C=O) groups is 2. The second kappa shape index (κ2) is 8.76. The SMILES string of the molecule is O=C(c1ccccn1)N1CC(=O)N2[C@@H](CO)[C@H](c3ccc(C#CC4CCCC4)cc3)[C@@H]2C1. The molecule has 3 atom stereocenters. The van der Waals surface area contributed by atoms with E-state index in [2.05, 4.69) is 16.8 Å². The van der Waals surface area contributed by atoms with E-state index in [1.54, 1.807) is 34.2 Å². The summed E-state index contributed by atoms with van der Waals surface area (Å²) in [7, 11) is 0. The molecule has 2 saturated heterocycles. The van der Waals surface area contributed by atoms with Crippen LogP contribution in [0.25, 0.3) is 0 Å². The van der Waals surface area contributed by atoms with E-state index in [1.165, 1.54) is 25.7 Å². The van der Waals surface area contributed by atoms with Gasteiger partial charge in [0.05, 0.1) is 18.7 Å². The second-order valence-corrected chi connectivity index (χ2v) is 8.92. The number of fused-ring (bicyclic) bond motifs is 1. The molecule has 5 rings (SSSR count). The third-order valence-corrected chi connectivity index (χ3v) is 6.99. The van der Waals surface area contributed by atoms with Gasteiger partial charge in [-0.05, 0) is 42.7 Å². The smallest absolute Gasteiger partial charge is 0.272 e. The van der Waals surface area contributed by atoms with Crippen LogP contribution in [0.3, 0.4) is 0 Å². The number of nitrogens with zero attached hydrogens (tertiary/aromatic N) is 3. The van der Waals surface area contributed by atoms with E-state index in [0.29, 0.717) is 18.2 Å². The lowest BCUT2D eigenvalue weighted by Gasteiger charge is -2.58. The van der Waals surface area contributed by atoms with E-state index in [4.69, 9.17) is 0 Å². The van der Waals surface area contributed by atoms with Crippen LogP contribution >= 0.6 is 0 Å². The number of aromatic nitrogens is 1. The topological polar surface area (TPSA) is 73.7 Å². The number of amides is 2. The summed E-state index contributed by atoms with van der Waals surface area (Å²) in [5.41, 5.74) is 2.40. The molecule has 1 saturated carbocycles. The molecule has 6 heteroatoms. The molecule has 1 N–H and O–H groups in total. The number of rotatable bonds is 3. The first kappa shape index (κ1) is 20.7. The van der Waals surface area contributed by atoms with Crippen molar-refractivity contribution in [2.24, 2.45) is 5.92 Å². The molecule has 3 heterocycles. The number of piperazine rings is 1. The number of aliphatic hydroxyl groups excluding tert-OH is 1. The van der Waals surface area contributed by atoms with Crippen LogP contribution in [0.15, 0.2) is 48.7 Å².